The van der Waals surface area contributed by atoms with E-state index in [1.54, 1.807) is 18.4 Å². The van der Waals surface area contributed by atoms with Gasteiger partial charge in [0.15, 0.2) is 0 Å². The molecule has 2 rings (SSSR count). The molecule has 1 aromatic carbocycles. The number of aliphatic hydroxyl groups excluding tert-OH is 1. The third-order valence-electron chi connectivity index (χ3n) is 2.78. The molecule has 2 amide bonds. The van der Waals surface area contributed by atoms with Crippen LogP contribution in [0.15, 0.2) is 35.7 Å². The topological polar surface area (TPSA) is 65.5 Å². The monoisotopic (exact) mass is 291 g/mol. The fraction of sp³-hybridized carbons (Fsp3) is 0.286. The van der Waals surface area contributed by atoms with Crippen molar-refractivity contribution in [3.05, 3.63) is 41.4 Å². The zero-order valence-electron chi connectivity index (χ0n) is 11.2. The molecule has 2 N–H and O–H groups in total. The number of likely N-dealkylation sites (N-methyl/N-ethyl adjacent to an activating group) is 1. The summed E-state index contributed by atoms with van der Waals surface area (Å²) in [5, 5.41) is 14.4. The lowest BCUT2D eigenvalue weighted by molar-refractivity contribution is 0.190. The van der Waals surface area contributed by atoms with Gasteiger partial charge in [0.25, 0.3) is 0 Å². The lowest BCUT2D eigenvalue weighted by atomic mass is 10.2. The summed E-state index contributed by atoms with van der Waals surface area (Å²) < 4.78 is 0. The average Bonchev–Trinajstić information content (AvgIpc) is 2.95. The third kappa shape index (κ3) is 3.79. The molecule has 0 atom stereocenters. The van der Waals surface area contributed by atoms with Gasteiger partial charge in [-0.2, -0.15) is 0 Å². The van der Waals surface area contributed by atoms with Gasteiger partial charge in [-0.15, -0.1) is 11.3 Å². The molecule has 1 aromatic heterocycles. The maximum atomic E-state index is 11.7. The van der Waals surface area contributed by atoms with Gasteiger partial charge in [0.05, 0.1) is 18.8 Å². The Hall–Kier alpha value is -1.92. The van der Waals surface area contributed by atoms with Gasteiger partial charge in [0.1, 0.15) is 5.01 Å². The van der Waals surface area contributed by atoms with Crippen molar-refractivity contribution >= 4 is 17.4 Å². The molecule has 2 aromatic rings. The molecule has 0 aliphatic rings. The van der Waals surface area contributed by atoms with Crippen LogP contribution in [-0.4, -0.2) is 41.2 Å². The predicted molar refractivity (Wildman–Crippen MR) is 79.5 cm³/mol. The molecule has 0 radical (unpaired) electrons. The van der Waals surface area contributed by atoms with Crippen molar-refractivity contribution in [3.63, 3.8) is 0 Å². The number of thiazole rings is 1. The van der Waals surface area contributed by atoms with E-state index in [1.165, 1.54) is 4.90 Å². The lowest BCUT2D eigenvalue weighted by Gasteiger charge is -2.15. The molecule has 0 saturated carbocycles. The number of carbonyl (C=O) groups is 1. The first-order chi connectivity index (χ1) is 9.70. The highest BCUT2D eigenvalue weighted by atomic mass is 32.1. The van der Waals surface area contributed by atoms with Gasteiger partial charge in [-0.05, 0) is 0 Å². The van der Waals surface area contributed by atoms with Gasteiger partial charge in [0, 0.05) is 24.5 Å². The van der Waals surface area contributed by atoms with Gasteiger partial charge in [-0.25, -0.2) is 9.78 Å². The van der Waals surface area contributed by atoms with Crippen LogP contribution in [-0.2, 0) is 6.54 Å². The second-order valence-corrected chi connectivity index (χ2v) is 5.17. The quantitative estimate of drug-likeness (QED) is 0.885. The van der Waals surface area contributed by atoms with Crippen molar-refractivity contribution in [2.45, 2.75) is 6.54 Å². The van der Waals surface area contributed by atoms with Crippen LogP contribution in [0.25, 0.3) is 10.6 Å². The third-order valence-corrected chi connectivity index (χ3v) is 3.72. The Bertz CT molecular complexity index is 557. The van der Waals surface area contributed by atoms with E-state index in [1.807, 2.05) is 35.7 Å². The number of urea groups is 1. The number of amides is 2. The van der Waals surface area contributed by atoms with Gasteiger partial charge < -0.3 is 15.3 Å². The molecule has 0 bridgehead atoms. The summed E-state index contributed by atoms with van der Waals surface area (Å²) in [6, 6.07) is 9.72. The number of aromatic nitrogens is 1. The molecular formula is C14H17N3O2S. The predicted octanol–water partition coefficient (Wildman–Crippen LogP) is 1.94. The zero-order chi connectivity index (χ0) is 14.4. The number of nitrogens with one attached hydrogen (secondary N) is 1. The maximum Gasteiger partial charge on any atom is 0.317 e. The van der Waals surface area contributed by atoms with Gasteiger partial charge in [-0.1, -0.05) is 30.3 Å². The SMILES string of the molecule is CN(CCO)C(=O)NCc1csc(-c2ccccc2)n1. The van der Waals surface area contributed by atoms with Crippen LogP contribution in [0.3, 0.4) is 0 Å². The number of hydrogen-bond donors (Lipinski definition) is 2. The fourth-order valence-corrected chi connectivity index (χ4v) is 2.48. The Morgan fingerprint density at radius 2 is 2.15 bits per heavy atom. The summed E-state index contributed by atoms with van der Waals surface area (Å²) in [5.41, 5.74) is 1.91. The molecular weight excluding hydrogens is 274 g/mol. The van der Waals surface area contributed by atoms with Crippen LogP contribution >= 0.6 is 11.3 Å². The normalized spacial score (nSPS) is 10.3. The smallest absolute Gasteiger partial charge is 0.317 e. The van der Waals surface area contributed by atoms with Gasteiger partial charge in [-0.3, -0.25) is 0 Å². The summed E-state index contributed by atoms with van der Waals surface area (Å²) in [5.74, 6) is 0. The van der Waals surface area contributed by atoms with E-state index in [2.05, 4.69) is 10.3 Å². The molecule has 0 saturated heterocycles. The molecule has 0 fully saturated rings. The standard InChI is InChI=1S/C14H17N3O2S/c1-17(7-8-18)14(19)15-9-12-10-20-13(16-12)11-5-3-2-4-6-11/h2-6,10,18H,7-9H2,1H3,(H,15,19). The van der Waals surface area contributed by atoms with Crippen LogP contribution in [0, 0.1) is 0 Å². The van der Waals surface area contributed by atoms with Crippen LogP contribution in [0.2, 0.25) is 0 Å². The molecule has 6 heteroatoms. The number of benzene rings is 1. The molecule has 1 heterocycles. The number of carbonyl (C=O) groups excluding carboxylic acids is 1. The zero-order valence-corrected chi connectivity index (χ0v) is 12.1. The first kappa shape index (κ1) is 14.5. The summed E-state index contributed by atoms with van der Waals surface area (Å²) in [6.45, 7) is 0.662. The van der Waals surface area contributed by atoms with Crippen molar-refractivity contribution < 1.29 is 9.90 Å². The van der Waals surface area contributed by atoms with E-state index in [0.29, 0.717) is 13.1 Å². The minimum Gasteiger partial charge on any atom is -0.395 e. The number of rotatable bonds is 5. The largest absolute Gasteiger partial charge is 0.395 e. The molecule has 0 aliphatic carbocycles. The number of hydrogen-bond acceptors (Lipinski definition) is 4. The Kier molecular flexibility index (Phi) is 5.09. The van der Waals surface area contributed by atoms with Crippen LogP contribution < -0.4 is 5.32 Å². The molecule has 20 heavy (non-hydrogen) atoms. The fourth-order valence-electron chi connectivity index (χ4n) is 1.65. The second kappa shape index (κ2) is 7.02. The minimum absolute atomic E-state index is 0.0429. The highest BCUT2D eigenvalue weighted by molar-refractivity contribution is 7.13. The van der Waals surface area contributed by atoms with Crippen LogP contribution in [0.1, 0.15) is 5.69 Å². The van der Waals surface area contributed by atoms with Crippen LogP contribution in [0.5, 0.6) is 0 Å². The molecule has 106 valence electrons. The molecule has 0 aliphatic heterocycles. The van der Waals surface area contributed by atoms with Crippen molar-refractivity contribution in [2.75, 3.05) is 20.2 Å². The highest BCUT2D eigenvalue weighted by Gasteiger charge is 2.09. The molecule has 0 unspecified atom stereocenters. The minimum atomic E-state index is -0.215. The van der Waals surface area contributed by atoms with Gasteiger partial charge >= 0.3 is 6.03 Å². The van der Waals surface area contributed by atoms with E-state index in [9.17, 15) is 4.79 Å². The summed E-state index contributed by atoms with van der Waals surface area (Å²) >= 11 is 1.56. The van der Waals surface area contributed by atoms with E-state index in [0.717, 1.165) is 16.3 Å². The first-order valence-electron chi connectivity index (χ1n) is 6.30. The molecule has 5 nitrogen and oxygen atoms in total. The number of aliphatic hydroxyl groups is 1. The van der Waals surface area contributed by atoms with Crippen molar-refractivity contribution in [2.24, 2.45) is 0 Å². The average molecular weight is 291 g/mol. The van der Waals surface area contributed by atoms with E-state index in [4.69, 9.17) is 5.11 Å². The summed E-state index contributed by atoms with van der Waals surface area (Å²) in [7, 11) is 1.64. The number of nitrogens with zero attached hydrogens (tertiary/aromatic N) is 2. The van der Waals surface area contributed by atoms with E-state index >= 15 is 0 Å². The van der Waals surface area contributed by atoms with Crippen molar-refractivity contribution in [1.29, 1.82) is 0 Å². The molecule has 0 spiro atoms. The van der Waals surface area contributed by atoms with E-state index in [-0.39, 0.29) is 12.6 Å². The van der Waals surface area contributed by atoms with Crippen molar-refractivity contribution in [1.82, 2.24) is 15.2 Å². The first-order valence-corrected chi connectivity index (χ1v) is 7.18. The Labute approximate surface area is 121 Å². The summed E-state index contributed by atoms with van der Waals surface area (Å²) in [6.07, 6.45) is 0. The summed E-state index contributed by atoms with van der Waals surface area (Å²) in [4.78, 5) is 17.6. The Morgan fingerprint density at radius 1 is 1.40 bits per heavy atom. The second-order valence-electron chi connectivity index (χ2n) is 4.31. The van der Waals surface area contributed by atoms with Crippen LogP contribution in [0.4, 0.5) is 4.79 Å². The van der Waals surface area contributed by atoms with E-state index < -0.39 is 0 Å². The van der Waals surface area contributed by atoms with Gasteiger partial charge in [0.2, 0.25) is 0 Å². The maximum absolute atomic E-state index is 11.7. The lowest BCUT2D eigenvalue weighted by Crippen LogP contribution is -2.38. The Balaban J connectivity index is 1.92. The van der Waals surface area contributed by atoms with Crippen molar-refractivity contribution in [3.8, 4) is 10.6 Å². The highest BCUT2D eigenvalue weighted by Crippen LogP contribution is 2.23. The Morgan fingerprint density at radius 3 is 2.85 bits per heavy atom.